The molecule has 0 saturated carbocycles. The number of benzene rings is 2. The van der Waals surface area contributed by atoms with Gasteiger partial charge in [-0.3, -0.25) is 9.79 Å². The minimum absolute atomic E-state index is 0.0803. The van der Waals surface area contributed by atoms with Crippen LogP contribution in [0.4, 0.5) is 5.69 Å². The van der Waals surface area contributed by atoms with Gasteiger partial charge < -0.3 is 20.9 Å². The third-order valence-corrected chi connectivity index (χ3v) is 5.25. The molecule has 6 nitrogen and oxygen atoms in total. The molecule has 1 aliphatic heterocycles. The topological polar surface area (TPSA) is 68.8 Å². The third kappa shape index (κ3) is 5.98. The maximum Gasteiger partial charge on any atom is 0.239 e. The van der Waals surface area contributed by atoms with Gasteiger partial charge in [0.05, 0.1) is 6.54 Å². The number of piperazine rings is 1. The number of aliphatic imine (C=N–C) groups is 1. The summed E-state index contributed by atoms with van der Waals surface area (Å²) in [4.78, 5) is 18.0. The van der Waals surface area contributed by atoms with Gasteiger partial charge >= 0.3 is 0 Å². The van der Waals surface area contributed by atoms with Gasteiger partial charge in [-0.15, -0.1) is 0 Å². The molecule has 1 amide bonds. The summed E-state index contributed by atoms with van der Waals surface area (Å²) in [5.41, 5.74) is 4.85. The molecule has 0 aromatic heterocycles. The normalized spacial score (nSPS) is 15.6. The van der Waals surface area contributed by atoms with E-state index in [2.05, 4.69) is 88.2 Å². The lowest BCUT2D eigenvalue weighted by molar-refractivity contribution is -0.120. The fraction of sp³-hybridized carbons (Fsp3) is 0.391. The molecule has 29 heavy (non-hydrogen) atoms. The minimum Gasteiger partial charge on any atom is -0.360 e. The Balaban J connectivity index is 1.47. The van der Waals surface area contributed by atoms with E-state index in [-0.39, 0.29) is 5.91 Å². The van der Waals surface area contributed by atoms with Crippen molar-refractivity contribution in [1.82, 2.24) is 16.0 Å². The summed E-state index contributed by atoms with van der Waals surface area (Å²) in [5.74, 6) is 1.27. The standard InChI is InChI=1S/C23H31N5O/c1-17-4-8-20(9-5-17)18(2)14-26-23(24-3)27-15-19-6-10-21(11-7-19)28-13-12-25-22(29)16-28/h4-11,18H,12-16H2,1-3H3,(H,25,29)(H2,24,26,27). The molecule has 3 rings (SSSR count). The number of rotatable bonds is 6. The minimum atomic E-state index is 0.0803. The number of hydrogen-bond donors (Lipinski definition) is 3. The molecule has 0 radical (unpaired) electrons. The maximum absolute atomic E-state index is 11.6. The van der Waals surface area contributed by atoms with Crippen molar-refractivity contribution in [3.05, 3.63) is 65.2 Å². The predicted octanol–water partition coefficient (Wildman–Crippen LogP) is 2.40. The molecule has 0 spiro atoms. The van der Waals surface area contributed by atoms with Crippen LogP contribution in [0.2, 0.25) is 0 Å². The number of carbonyl (C=O) groups excluding carboxylic acids is 1. The average molecular weight is 394 g/mol. The molecule has 1 heterocycles. The monoisotopic (exact) mass is 393 g/mol. The number of guanidine groups is 1. The third-order valence-electron chi connectivity index (χ3n) is 5.25. The van der Waals surface area contributed by atoms with Crippen molar-refractivity contribution in [3.8, 4) is 0 Å². The van der Waals surface area contributed by atoms with E-state index in [0.29, 0.717) is 25.6 Å². The second kappa shape index (κ2) is 9.96. The largest absolute Gasteiger partial charge is 0.360 e. The zero-order chi connectivity index (χ0) is 20.6. The quantitative estimate of drug-likeness (QED) is 0.521. The van der Waals surface area contributed by atoms with E-state index in [1.165, 1.54) is 16.7 Å². The predicted molar refractivity (Wildman–Crippen MR) is 119 cm³/mol. The Morgan fingerprint density at radius 1 is 1.14 bits per heavy atom. The Morgan fingerprint density at radius 2 is 1.86 bits per heavy atom. The van der Waals surface area contributed by atoms with Gasteiger partial charge in [0.25, 0.3) is 0 Å². The first-order valence-corrected chi connectivity index (χ1v) is 10.2. The summed E-state index contributed by atoms with van der Waals surface area (Å²) >= 11 is 0. The summed E-state index contributed by atoms with van der Waals surface area (Å²) in [7, 11) is 1.79. The second-order valence-corrected chi connectivity index (χ2v) is 7.56. The zero-order valence-corrected chi connectivity index (χ0v) is 17.5. The van der Waals surface area contributed by atoms with Gasteiger partial charge in [0.1, 0.15) is 0 Å². The fourth-order valence-electron chi connectivity index (χ4n) is 3.35. The van der Waals surface area contributed by atoms with E-state index in [1.54, 1.807) is 7.05 Å². The van der Waals surface area contributed by atoms with E-state index in [4.69, 9.17) is 0 Å². The molecule has 3 N–H and O–H groups in total. The number of hydrogen-bond acceptors (Lipinski definition) is 3. The lowest BCUT2D eigenvalue weighted by Crippen LogP contribution is -2.47. The Bertz CT molecular complexity index is 829. The molecular weight excluding hydrogens is 362 g/mol. The van der Waals surface area contributed by atoms with Gasteiger partial charge in [-0.05, 0) is 36.1 Å². The molecule has 1 saturated heterocycles. The molecule has 1 aliphatic rings. The van der Waals surface area contributed by atoms with E-state index < -0.39 is 0 Å². The Kier molecular flexibility index (Phi) is 7.11. The average Bonchev–Trinajstić information content (AvgIpc) is 2.74. The molecular formula is C23H31N5O. The molecule has 1 unspecified atom stereocenters. The van der Waals surface area contributed by atoms with Crippen molar-refractivity contribution in [1.29, 1.82) is 0 Å². The second-order valence-electron chi connectivity index (χ2n) is 7.56. The van der Waals surface area contributed by atoms with Gasteiger partial charge in [0.2, 0.25) is 5.91 Å². The highest BCUT2D eigenvalue weighted by Crippen LogP contribution is 2.16. The van der Waals surface area contributed by atoms with Crippen LogP contribution in [0.25, 0.3) is 0 Å². The van der Waals surface area contributed by atoms with Crippen LogP contribution in [0.5, 0.6) is 0 Å². The van der Waals surface area contributed by atoms with Crippen molar-refractivity contribution >= 4 is 17.6 Å². The molecule has 6 heteroatoms. The summed E-state index contributed by atoms with van der Waals surface area (Å²) < 4.78 is 0. The van der Waals surface area contributed by atoms with Crippen LogP contribution in [0.3, 0.4) is 0 Å². The highest BCUT2D eigenvalue weighted by Gasteiger charge is 2.16. The smallest absolute Gasteiger partial charge is 0.239 e. The molecule has 1 atom stereocenters. The first-order chi connectivity index (χ1) is 14.0. The van der Waals surface area contributed by atoms with Crippen LogP contribution < -0.4 is 20.9 Å². The van der Waals surface area contributed by atoms with Crippen LogP contribution in [0.1, 0.15) is 29.5 Å². The SMILES string of the molecule is CN=C(NCc1ccc(N2CCNC(=O)C2)cc1)NCC(C)c1ccc(C)cc1. The number of nitrogens with zero attached hydrogens (tertiary/aromatic N) is 2. The van der Waals surface area contributed by atoms with Gasteiger partial charge in [0.15, 0.2) is 5.96 Å². The highest BCUT2D eigenvalue weighted by atomic mass is 16.2. The number of nitrogens with one attached hydrogen (secondary N) is 3. The summed E-state index contributed by atoms with van der Waals surface area (Å²) in [6.45, 7) is 7.80. The lowest BCUT2D eigenvalue weighted by atomic mass is 10.0. The first-order valence-electron chi connectivity index (χ1n) is 10.2. The van der Waals surface area contributed by atoms with E-state index in [0.717, 1.165) is 24.7 Å². The molecule has 0 bridgehead atoms. The van der Waals surface area contributed by atoms with Gasteiger partial charge in [-0.1, -0.05) is 48.9 Å². The first kappa shape index (κ1) is 20.7. The van der Waals surface area contributed by atoms with Crippen LogP contribution in [-0.4, -0.2) is 45.1 Å². The Morgan fingerprint density at radius 3 is 2.52 bits per heavy atom. The van der Waals surface area contributed by atoms with Crippen molar-refractivity contribution in [3.63, 3.8) is 0 Å². The number of carbonyl (C=O) groups is 1. The highest BCUT2D eigenvalue weighted by molar-refractivity contribution is 5.82. The van der Waals surface area contributed by atoms with Crippen molar-refractivity contribution in [2.24, 2.45) is 4.99 Å². The summed E-state index contributed by atoms with van der Waals surface area (Å²) in [5, 5.41) is 9.63. The van der Waals surface area contributed by atoms with Crippen molar-refractivity contribution in [2.45, 2.75) is 26.3 Å². The molecule has 154 valence electrons. The number of aryl methyl sites for hydroxylation is 1. The summed E-state index contributed by atoms with van der Waals surface area (Å²) in [6.07, 6.45) is 0. The van der Waals surface area contributed by atoms with Crippen LogP contribution in [0, 0.1) is 6.92 Å². The summed E-state index contributed by atoms with van der Waals surface area (Å²) in [6, 6.07) is 17.0. The maximum atomic E-state index is 11.6. The number of anilines is 1. The van der Waals surface area contributed by atoms with Gasteiger partial charge in [-0.2, -0.15) is 0 Å². The van der Waals surface area contributed by atoms with Crippen LogP contribution >= 0.6 is 0 Å². The number of amides is 1. The van der Waals surface area contributed by atoms with Crippen LogP contribution in [-0.2, 0) is 11.3 Å². The van der Waals surface area contributed by atoms with E-state index >= 15 is 0 Å². The Hall–Kier alpha value is -3.02. The zero-order valence-electron chi connectivity index (χ0n) is 17.5. The fourth-order valence-corrected chi connectivity index (χ4v) is 3.35. The Labute approximate surface area is 173 Å². The molecule has 1 fully saturated rings. The van der Waals surface area contributed by atoms with Crippen LogP contribution in [0.15, 0.2) is 53.5 Å². The van der Waals surface area contributed by atoms with Gasteiger partial charge in [-0.25, -0.2) is 0 Å². The van der Waals surface area contributed by atoms with E-state index in [9.17, 15) is 4.79 Å². The molecule has 2 aromatic rings. The molecule has 0 aliphatic carbocycles. The van der Waals surface area contributed by atoms with Crippen molar-refractivity contribution < 1.29 is 4.79 Å². The lowest BCUT2D eigenvalue weighted by Gasteiger charge is -2.28. The molecule has 2 aromatic carbocycles. The van der Waals surface area contributed by atoms with Crippen molar-refractivity contribution in [2.75, 3.05) is 38.1 Å². The van der Waals surface area contributed by atoms with E-state index in [1.807, 2.05) is 0 Å². The van der Waals surface area contributed by atoms with Gasteiger partial charge in [0, 0.05) is 38.9 Å².